The van der Waals surface area contributed by atoms with Crippen molar-refractivity contribution in [2.24, 2.45) is 11.8 Å². The minimum Gasteiger partial charge on any atom is -0.493 e. The molecule has 0 amide bonds. The first kappa shape index (κ1) is 23.3. The molecule has 3 N–H and O–H groups in total. The third-order valence-corrected chi connectivity index (χ3v) is 8.71. The number of quaternary nitrogens is 2. The lowest BCUT2D eigenvalue weighted by Crippen LogP contribution is -3.15. The first-order chi connectivity index (χ1) is 16.6. The molecule has 5 atom stereocenters. The highest BCUT2D eigenvalue weighted by Gasteiger charge is 2.44. The van der Waals surface area contributed by atoms with Gasteiger partial charge in [-0.15, -0.1) is 0 Å². The van der Waals surface area contributed by atoms with Gasteiger partial charge in [-0.1, -0.05) is 6.92 Å². The van der Waals surface area contributed by atoms with E-state index < -0.39 is 0 Å². The Kier molecular flexibility index (Phi) is 6.63. The maximum atomic E-state index is 5.68. The van der Waals surface area contributed by atoms with Gasteiger partial charge in [0.25, 0.3) is 0 Å². The Morgan fingerprint density at radius 1 is 0.794 bits per heavy atom. The molecule has 0 saturated carbocycles. The topological polar surface area (TPSA) is 58.0 Å². The second kappa shape index (κ2) is 9.67. The smallest absolute Gasteiger partial charge is 0.161 e. The fourth-order valence-corrected chi connectivity index (χ4v) is 6.90. The van der Waals surface area contributed by atoms with Gasteiger partial charge in [-0.3, -0.25) is 0 Å². The van der Waals surface area contributed by atoms with Crippen molar-refractivity contribution < 1.29 is 29.2 Å². The van der Waals surface area contributed by atoms with Crippen molar-refractivity contribution in [1.82, 2.24) is 0 Å². The Balaban J connectivity index is 1.42. The number of fused-ring (bicyclic) bond motifs is 4. The minimum atomic E-state index is 0.478. The number of benzene rings is 2. The van der Waals surface area contributed by atoms with Crippen molar-refractivity contribution in [2.45, 2.75) is 44.7 Å². The van der Waals surface area contributed by atoms with Crippen LogP contribution in [0, 0.1) is 11.8 Å². The quantitative estimate of drug-likeness (QED) is 0.682. The van der Waals surface area contributed by atoms with Gasteiger partial charge in [0.2, 0.25) is 0 Å². The number of piperidine rings is 1. The van der Waals surface area contributed by atoms with E-state index in [-0.39, 0.29) is 0 Å². The maximum Gasteiger partial charge on any atom is 0.161 e. The molecular formula is C28H40N2O4+2. The monoisotopic (exact) mass is 468 g/mol. The predicted molar refractivity (Wildman–Crippen MR) is 131 cm³/mol. The fourth-order valence-electron chi connectivity index (χ4n) is 6.90. The third kappa shape index (κ3) is 4.01. The number of nitrogens with one attached hydrogen (secondary N) is 1. The molecule has 1 fully saturated rings. The van der Waals surface area contributed by atoms with Crippen LogP contribution in [-0.4, -0.2) is 48.1 Å². The number of ether oxygens (including phenoxy) is 4. The molecule has 0 radical (unpaired) electrons. The zero-order valence-corrected chi connectivity index (χ0v) is 21.3. The summed E-state index contributed by atoms with van der Waals surface area (Å²) >= 11 is 0. The Morgan fingerprint density at radius 2 is 1.38 bits per heavy atom. The molecule has 6 nitrogen and oxygen atoms in total. The number of hydrogen-bond acceptors (Lipinski definition) is 4. The average Bonchev–Trinajstić information content (AvgIpc) is 2.88. The summed E-state index contributed by atoms with van der Waals surface area (Å²) < 4.78 is 22.5. The molecule has 1 saturated heterocycles. The molecule has 2 aromatic carbocycles. The lowest BCUT2D eigenvalue weighted by atomic mass is 9.71. The summed E-state index contributed by atoms with van der Waals surface area (Å²) in [6.45, 7) is 6.08. The van der Waals surface area contributed by atoms with Crippen LogP contribution in [0.3, 0.4) is 0 Å². The van der Waals surface area contributed by atoms with Crippen LogP contribution >= 0.6 is 0 Å². The second-order valence-electron chi connectivity index (χ2n) is 10.2. The highest BCUT2D eigenvalue weighted by molar-refractivity contribution is 5.50. The van der Waals surface area contributed by atoms with Crippen LogP contribution in [-0.2, 0) is 12.8 Å². The molecule has 3 aliphatic heterocycles. The molecule has 6 heteroatoms. The molecule has 3 aliphatic rings. The van der Waals surface area contributed by atoms with Crippen LogP contribution in [0.4, 0.5) is 0 Å². The van der Waals surface area contributed by atoms with Crippen LogP contribution in [0.15, 0.2) is 24.3 Å². The molecular weight excluding hydrogens is 428 g/mol. The van der Waals surface area contributed by atoms with E-state index in [0.29, 0.717) is 23.9 Å². The summed E-state index contributed by atoms with van der Waals surface area (Å²) in [4.78, 5) is 1.74. The van der Waals surface area contributed by atoms with Gasteiger partial charge in [-0.25, -0.2) is 0 Å². The Bertz CT molecular complexity index is 1040. The van der Waals surface area contributed by atoms with Crippen LogP contribution in [0.2, 0.25) is 0 Å². The summed E-state index contributed by atoms with van der Waals surface area (Å²) in [7, 11) is 6.93. The minimum absolute atomic E-state index is 0.478. The summed E-state index contributed by atoms with van der Waals surface area (Å²) in [5.41, 5.74) is 5.75. The first-order valence-electron chi connectivity index (χ1n) is 12.7. The maximum absolute atomic E-state index is 5.68. The largest absolute Gasteiger partial charge is 0.493 e. The van der Waals surface area contributed by atoms with E-state index in [4.69, 9.17) is 18.9 Å². The summed E-state index contributed by atoms with van der Waals surface area (Å²) in [5.74, 6) is 4.69. The molecule has 3 heterocycles. The van der Waals surface area contributed by atoms with Gasteiger partial charge in [-0.2, -0.15) is 0 Å². The molecule has 2 unspecified atom stereocenters. The summed E-state index contributed by atoms with van der Waals surface area (Å²) in [6, 6.07) is 9.90. The summed E-state index contributed by atoms with van der Waals surface area (Å²) in [6.07, 6.45) is 4.70. The Labute approximate surface area is 203 Å². The van der Waals surface area contributed by atoms with Crippen LogP contribution in [0.5, 0.6) is 23.0 Å². The zero-order valence-electron chi connectivity index (χ0n) is 21.3. The summed E-state index contributed by atoms with van der Waals surface area (Å²) in [5, 5.41) is 2.54. The Morgan fingerprint density at radius 3 is 2.03 bits per heavy atom. The number of methoxy groups -OCH3 is 4. The van der Waals surface area contributed by atoms with Gasteiger partial charge in [0, 0.05) is 42.7 Å². The van der Waals surface area contributed by atoms with Crippen molar-refractivity contribution in [2.75, 3.05) is 48.1 Å². The third-order valence-electron chi connectivity index (χ3n) is 8.71. The van der Waals surface area contributed by atoms with Crippen LogP contribution in [0.25, 0.3) is 0 Å². The highest BCUT2D eigenvalue weighted by Crippen LogP contribution is 2.42. The second-order valence-corrected chi connectivity index (χ2v) is 10.2. The van der Waals surface area contributed by atoms with Gasteiger partial charge in [-0.05, 0) is 41.3 Å². The van der Waals surface area contributed by atoms with Crippen molar-refractivity contribution in [3.8, 4) is 23.0 Å². The van der Waals surface area contributed by atoms with E-state index in [1.54, 1.807) is 33.3 Å². The van der Waals surface area contributed by atoms with Gasteiger partial charge < -0.3 is 29.2 Å². The van der Waals surface area contributed by atoms with E-state index in [0.717, 1.165) is 42.4 Å². The van der Waals surface area contributed by atoms with E-state index in [1.165, 1.54) is 48.2 Å². The van der Waals surface area contributed by atoms with Crippen molar-refractivity contribution in [3.63, 3.8) is 0 Å². The zero-order chi connectivity index (χ0) is 23.8. The molecule has 0 bridgehead atoms. The van der Waals surface area contributed by atoms with Gasteiger partial charge >= 0.3 is 0 Å². The van der Waals surface area contributed by atoms with E-state index in [2.05, 4.69) is 36.5 Å². The molecule has 34 heavy (non-hydrogen) atoms. The number of nitrogens with two attached hydrogens (primary N) is 1. The fraction of sp³-hybridized carbons (Fsp3) is 0.571. The lowest BCUT2D eigenvalue weighted by Gasteiger charge is -2.45. The molecule has 2 aromatic rings. The SMILES string of the molecule is COc1cc2c(cc1OC)C(C[C@@H]1CC[NH+]3CCc4cc(OC)c(OC)cc4[C@@H]3[C@H]1C)[NH2+]CC2. The van der Waals surface area contributed by atoms with Crippen molar-refractivity contribution >= 4 is 0 Å². The Hall–Kier alpha value is -2.44. The van der Waals surface area contributed by atoms with Gasteiger partial charge in [0.1, 0.15) is 12.1 Å². The highest BCUT2D eigenvalue weighted by atomic mass is 16.5. The first-order valence-corrected chi connectivity index (χ1v) is 12.7. The normalized spacial score (nSPS) is 27.7. The molecule has 0 aromatic heterocycles. The molecule has 5 rings (SSSR count). The molecule has 184 valence electrons. The average molecular weight is 469 g/mol. The van der Waals surface area contributed by atoms with Crippen molar-refractivity contribution in [3.05, 3.63) is 46.5 Å². The van der Waals surface area contributed by atoms with E-state index in [9.17, 15) is 0 Å². The van der Waals surface area contributed by atoms with Crippen molar-refractivity contribution in [1.29, 1.82) is 0 Å². The van der Waals surface area contributed by atoms with Crippen LogP contribution < -0.4 is 29.2 Å². The van der Waals surface area contributed by atoms with Gasteiger partial charge in [0.15, 0.2) is 23.0 Å². The van der Waals surface area contributed by atoms with E-state index >= 15 is 0 Å². The van der Waals surface area contributed by atoms with Gasteiger partial charge in [0.05, 0.1) is 48.1 Å². The number of hydrogen-bond donors (Lipinski definition) is 2. The standard InChI is InChI=1S/C28H38N2O4/c1-17-18(12-23-21-15-26(33-4)24(31-2)13-19(21)6-9-29-23)7-10-30-11-8-20-14-25(32-3)27(34-5)16-22(20)28(17)30/h13-18,23,28-29H,6-12H2,1-5H3/p+2/t17-,18-,23?,28-/m0/s1. The number of rotatable bonds is 6. The molecule has 0 spiro atoms. The molecule has 0 aliphatic carbocycles. The van der Waals surface area contributed by atoms with E-state index in [1.807, 2.05) is 0 Å². The lowest BCUT2D eigenvalue weighted by molar-refractivity contribution is -0.945. The van der Waals surface area contributed by atoms with Crippen LogP contribution in [0.1, 0.15) is 54.1 Å². The predicted octanol–water partition coefficient (Wildman–Crippen LogP) is 2.11.